The van der Waals surface area contributed by atoms with Crippen molar-refractivity contribution in [3.05, 3.63) is 58.9 Å². The summed E-state index contributed by atoms with van der Waals surface area (Å²) in [5, 5.41) is 12.1. The van der Waals surface area contributed by atoms with Crippen LogP contribution in [0, 0.1) is 13.8 Å². The second-order valence-electron chi connectivity index (χ2n) is 4.93. The smallest absolute Gasteiger partial charge is 0.336 e. The van der Waals surface area contributed by atoms with Crippen LogP contribution in [0.3, 0.4) is 0 Å². The number of aromatic carboxylic acids is 1. The zero-order valence-corrected chi connectivity index (χ0v) is 12.1. The number of carboxylic acid groups (broad SMARTS) is 1. The minimum absolute atomic E-state index is 0.0773. The second-order valence-corrected chi connectivity index (χ2v) is 4.93. The largest absolute Gasteiger partial charge is 0.478 e. The molecule has 2 aromatic rings. The lowest BCUT2D eigenvalue weighted by molar-refractivity contribution is 0.0690. The molecule has 0 bridgehead atoms. The molecule has 0 aliphatic carbocycles. The number of carbonyl (C=O) groups is 2. The average Bonchev–Trinajstić information content (AvgIpc) is 2.93. The van der Waals surface area contributed by atoms with E-state index in [2.05, 4.69) is 5.32 Å². The predicted molar refractivity (Wildman–Crippen MR) is 79.6 cm³/mol. The van der Waals surface area contributed by atoms with Gasteiger partial charge in [-0.3, -0.25) is 4.79 Å². The van der Waals surface area contributed by atoms with Crippen LogP contribution in [0.15, 0.2) is 36.7 Å². The number of carbonyl (C=O) groups excluding carboxylic acids is 1. The van der Waals surface area contributed by atoms with Crippen molar-refractivity contribution in [2.45, 2.75) is 20.4 Å². The number of rotatable bonds is 5. The van der Waals surface area contributed by atoms with Crippen LogP contribution in [-0.2, 0) is 6.54 Å². The molecule has 1 aromatic carbocycles. The quantitative estimate of drug-likeness (QED) is 0.885. The van der Waals surface area contributed by atoms with E-state index in [1.165, 1.54) is 0 Å². The Hall–Kier alpha value is -2.56. The number of nitrogens with one attached hydrogen (secondary N) is 1. The molecule has 1 heterocycles. The second kappa shape index (κ2) is 6.26. The third-order valence-electron chi connectivity index (χ3n) is 3.38. The molecule has 5 heteroatoms. The molecule has 0 radical (unpaired) electrons. The van der Waals surface area contributed by atoms with E-state index in [1.807, 2.05) is 29.1 Å². The fourth-order valence-electron chi connectivity index (χ4n) is 2.29. The highest BCUT2D eigenvalue weighted by atomic mass is 16.4. The minimum Gasteiger partial charge on any atom is -0.478 e. The van der Waals surface area contributed by atoms with Crippen molar-refractivity contribution >= 4 is 11.9 Å². The van der Waals surface area contributed by atoms with Gasteiger partial charge in [-0.15, -0.1) is 0 Å². The zero-order valence-electron chi connectivity index (χ0n) is 12.1. The molecule has 2 rings (SSSR count). The maximum absolute atomic E-state index is 12.3. The van der Waals surface area contributed by atoms with E-state index in [-0.39, 0.29) is 17.0 Å². The maximum Gasteiger partial charge on any atom is 0.336 e. The van der Waals surface area contributed by atoms with E-state index in [0.29, 0.717) is 24.2 Å². The fourth-order valence-corrected chi connectivity index (χ4v) is 2.29. The lowest BCUT2D eigenvalue weighted by Gasteiger charge is -2.13. The fraction of sp³-hybridized carbons (Fsp3) is 0.250. The van der Waals surface area contributed by atoms with Gasteiger partial charge in [0.25, 0.3) is 5.91 Å². The van der Waals surface area contributed by atoms with Crippen molar-refractivity contribution in [1.29, 1.82) is 0 Å². The lowest BCUT2D eigenvalue weighted by Crippen LogP contribution is -2.29. The van der Waals surface area contributed by atoms with E-state index < -0.39 is 5.97 Å². The first-order chi connectivity index (χ1) is 10.0. The van der Waals surface area contributed by atoms with Gasteiger partial charge in [0.05, 0.1) is 11.1 Å². The van der Waals surface area contributed by atoms with E-state index in [0.717, 1.165) is 0 Å². The highest BCUT2D eigenvalue weighted by molar-refractivity contribution is 6.06. The Morgan fingerprint density at radius 2 is 1.67 bits per heavy atom. The molecule has 110 valence electrons. The third-order valence-corrected chi connectivity index (χ3v) is 3.38. The Kier molecular flexibility index (Phi) is 4.42. The molecule has 0 aliphatic heterocycles. The SMILES string of the molecule is Cc1ccc(C)c(C(=O)NCCn2cccc2)c1C(=O)O. The first-order valence-electron chi connectivity index (χ1n) is 6.73. The van der Waals surface area contributed by atoms with E-state index in [4.69, 9.17) is 0 Å². The van der Waals surface area contributed by atoms with Gasteiger partial charge in [0.15, 0.2) is 0 Å². The number of hydrogen-bond acceptors (Lipinski definition) is 2. The summed E-state index contributed by atoms with van der Waals surface area (Å²) in [7, 11) is 0. The van der Waals surface area contributed by atoms with Crippen molar-refractivity contribution in [3.63, 3.8) is 0 Å². The van der Waals surface area contributed by atoms with Crippen LogP contribution in [0.25, 0.3) is 0 Å². The Labute approximate surface area is 123 Å². The van der Waals surface area contributed by atoms with Crippen LogP contribution >= 0.6 is 0 Å². The Balaban J connectivity index is 2.15. The summed E-state index contributed by atoms with van der Waals surface area (Å²) in [4.78, 5) is 23.7. The summed E-state index contributed by atoms with van der Waals surface area (Å²) < 4.78 is 1.95. The monoisotopic (exact) mass is 286 g/mol. The summed E-state index contributed by atoms with van der Waals surface area (Å²) in [5.41, 5.74) is 1.57. The van der Waals surface area contributed by atoms with Gasteiger partial charge in [-0.2, -0.15) is 0 Å². The molecule has 21 heavy (non-hydrogen) atoms. The van der Waals surface area contributed by atoms with Crippen molar-refractivity contribution in [2.24, 2.45) is 0 Å². The number of nitrogens with zero attached hydrogens (tertiary/aromatic N) is 1. The van der Waals surface area contributed by atoms with Gasteiger partial charge in [0.2, 0.25) is 0 Å². The van der Waals surface area contributed by atoms with E-state index in [9.17, 15) is 14.7 Å². The molecule has 1 aromatic heterocycles. The van der Waals surface area contributed by atoms with Crippen molar-refractivity contribution in [2.75, 3.05) is 6.54 Å². The van der Waals surface area contributed by atoms with Crippen LogP contribution in [0.2, 0.25) is 0 Å². The molecule has 0 aliphatic rings. The third kappa shape index (κ3) is 3.31. The van der Waals surface area contributed by atoms with Crippen molar-refractivity contribution < 1.29 is 14.7 Å². The van der Waals surface area contributed by atoms with Crippen molar-refractivity contribution in [3.8, 4) is 0 Å². The Morgan fingerprint density at radius 3 is 2.24 bits per heavy atom. The lowest BCUT2D eigenvalue weighted by atomic mass is 9.96. The summed E-state index contributed by atoms with van der Waals surface area (Å²) in [6, 6.07) is 7.31. The van der Waals surface area contributed by atoms with Crippen molar-refractivity contribution in [1.82, 2.24) is 9.88 Å². The van der Waals surface area contributed by atoms with Crippen LogP contribution in [0.5, 0.6) is 0 Å². The molecule has 1 amide bonds. The van der Waals surface area contributed by atoms with Gasteiger partial charge < -0.3 is 15.0 Å². The molecule has 5 nitrogen and oxygen atoms in total. The first kappa shape index (κ1) is 14.8. The number of benzene rings is 1. The maximum atomic E-state index is 12.3. The van der Waals surface area contributed by atoms with E-state index in [1.54, 1.807) is 26.0 Å². The normalized spacial score (nSPS) is 10.4. The van der Waals surface area contributed by atoms with Gasteiger partial charge in [-0.1, -0.05) is 12.1 Å². The minimum atomic E-state index is -1.08. The number of aromatic nitrogens is 1. The summed E-state index contributed by atoms with van der Waals surface area (Å²) in [6.07, 6.45) is 3.82. The molecule has 0 saturated carbocycles. The van der Waals surface area contributed by atoms with E-state index >= 15 is 0 Å². The summed E-state index contributed by atoms with van der Waals surface area (Å²) in [5.74, 6) is -1.42. The van der Waals surface area contributed by atoms with Gasteiger partial charge in [-0.25, -0.2) is 4.79 Å². The molecule has 0 fully saturated rings. The zero-order chi connectivity index (χ0) is 15.4. The summed E-state index contributed by atoms with van der Waals surface area (Å²) >= 11 is 0. The molecule has 0 spiro atoms. The standard InChI is InChI=1S/C16H18N2O3/c1-11-5-6-12(2)14(16(20)21)13(11)15(19)17-7-10-18-8-3-4-9-18/h3-6,8-9H,7,10H2,1-2H3,(H,17,19)(H,20,21). The molecule has 0 atom stereocenters. The van der Waals surface area contributed by atoms with Crippen LogP contribution in [0.1, 0.15) is 31.8 Å². The molecule has 2 N–H and O–H groups in total. The topological polar surface area (TPSA) is 71.3 Å². The van der Waals surface area contributed by atoms with Gasteiger partial charge >= 0.3 is 5.97 Å². The van der Waals surface area contributed by atoms with Gasteiger partial charge in [-0.05, 0) is 37.1 Å². The number of amides is 1. The van der Waals surface area contributed by atoms with Crippen LogP contribution < -0.4 is 5.32 Å². The number of hydrogen-bond donors (Lipinski definition) is 2. The highest BCUT2D eigenvalue weighted by Crippen LogP contribution is 2.18. The van der Waals surface area contributed by atoms with Gasteiger partial charge in [0, 0.05) is 25.5 Å². The average molecular weight is 286 g/mol. The Morgan fingerprint density at radius 1 is 1.10 bits per heavy atom. The first-order valence-corrected chi connectivity index (χ1v) is 6.73. The molecular weight excluding hydrogens is 268 g/mol. The molecule has 0 saturated heterocycles. The number of aryl methyl sites for hydroxylation is 2. The van der Waals surface area contributed by atoms with Gasteiger partial charge in [0.1, 0.15) is 0 Å². The van der Waals surface area contributed by atoms with Crippen LogP contribution in [0.4, 0.5) is 0 Å². The summed E-state index contributed by atoms with van der Waals surface area (Å²) in [6.45, 7) is 4.53. The highest BCUT2D eigenvalue weighted by Gasteiger charge is 2.20. The molecule has 0 unspecified atom stereocenters. The Bertz CT molecular complexity index is 660. The molecular formula is C16H18N2O3. The number of carboxylic acids is 1. The predicted octanol–water partition coefficient (Wildman–Crippen LogP) is 2.23. The van der Waals surface area contributed by atoms with Crippen LogP contribution in [-0.4, -0.2) is 28.1 Å².